The monoisotopic (exact) mass is 249 g/mol. The zero-order chi connectivity index (χ0) is 12.0. The molecule has 2 unspecified atom stereocenters. The van der Waals surface area contributed by atoms with Crippen molar-refractivity contribution in [3.63, 3.8) is 0 Å². The summed E-state index contributed by atoms with van der Waals surface area (Å²) in [5, 5.41) is 4.29. The van der Waals surface area contributed by atoms with Crippen molar-refractivity contribution in [3.05, 3.63) is 29.0 Å². The molecule has 1 aliphatic rings. The van der Waals surface area contributed by atoms with Gasteiger partial charge in [-0.1, -0.05) is 24.6 Å². The van der Waals surface area contributed by atoms with Crippen LogP contribution in [0.15, 0.2) is 18.2 Å². The van der Waals surface area contributed by atoms with E-state index in [0.717, 1.165) is 28.4 Å². The van der Waals surface area contributed by atoms with Crippen LogP contribution in [0.4, 0.5) is 0 Å². The Balaban J connectivity index is 2.18. The van der Waals surface area contributed by atoms with Gasteiger partial charge in [0.05, 0.1) is 22.1 Å². The Labute approximate surface area is 106 Å². The predicted octanol–water partition coefficient (Wildman–Crippen LogP) is 2.90. The van der Waals surface area contributed by atoms with Gasteiger partial charge in [-0.25, -0.2) is 4.98 Å². The van der Waals surface area contributed by atoms with Crippen LogP contribution in [0.3, 0.4) is 0 Å². The number of aromatic nitrogens is 2. The van der Waals surface area contributed by atoms with Gasteiger partial charge in [0.2, 0.25) is 0 Å². The molecule has 90 valence electrons. The first-order valence-electron chi connectivity index (χ1n) is 6.02. The summed E-state index contributed by atoms with van der Waals surface area (Å²) >= 11 is 6.24. The molecule has 0 aliphatic carbocycles. The molecule has 1 aliphatic heterocycles. The molecule has 2 atom stereocenters. The number of hydrogen-bond acceptors (Lipinski definition) is 2. The van der Waals surface area contributed by atoms with Crippen LogP contribution in [0.5, 0.6) is 0 Å². The van der Waals surface area contributed by atoms with Crippen molar-refractivity contribution in [2.75, 3.05) is 6.54 Å². The van der Waals surface area contributed by atoms with Gasteiger partial charge in [0.1, 0.15) is 5.82 Å². The molecule has 0 saturated carbocycles. The van der Waals surface area contributed by atoms with E-state index in [1.54, 1.807) is 0 Å². The first kappa shape index (κ1) is 11.1. The number of para-hydroxylation sites is 1. The average molecular weight is 250 g/mol. The summed E-state index contributed by atoms with van der Waals surface area (Å²) in [4.78, 5) is 4.72. The highest BCUT2D eigenvalue weighted by Crippen LogP contribution is 2.32. The van der Waals surface area contributed by atoms with E-state index in [0.29, 0.717) is 12.0 Å². The number of aryl methyl sites for hydroxylation is 1. The van der Waals surface area contributed by atoms with Gasteiger partial charge in [-0.05, 0) is 31.0 Å². The lowest BCUT2D eigenvalue weighted by Gasteiger charge is -2.15. The van der Waals surface area contributed by atoms with Gasteiger partial charge >= 0.3 is 0 Å². The molecule has 1 saturated heterocycles. The minimum absolute atomic E-state index is 0.350. The van der Waals surface area contributed by atoms with Crippen molar-refractivity contribution in [1.29, 1.82) is 0 Å². The zero-order valence-electron chi connectivity index (χ0n) is 10.1. The van der Waals surface area contributed by atoms with Crippen molar-refractivity contribution >= 4 is 22.6 Å². The van der Waals surface area contributed by atoms with E-state index < -0.39 is 0 Å². The molecular formula is C13H16ClN3. The molecule has 2 heterocycles. The van der Waals surface area contributed by atoms with E-state index in [4.69, 9.17) is 16.6 Å². The van der Waals surface area contributed by atoms with E-state index in [1.807, 2.05) is 25.2 Å². The second-order valence-electron chi connectivity index (χ2n) is 4.83. The van der Waals surface area contributed by atoms with Crippen LogP contribution >= 0.6 is 11.6 Å². The molecule has 4 heteroatoms. The summed E-state index contributed by atoms with van der Waals surface area (Å²) in [5.74, 6) is 1.72. The van der Waals surface area contributed by atoms with E-state index in [2.05, 4.69) is 16.8 Å². The fourth-order valence-electron chi connectivity index (χ4n) is 2.70. The third kappa shape index (κ3) is 1.65. The topological polar surface area (TPSA) is 29.9 Å². The normalized spacial score (nSPS) is 24.6. The molecule has 0 bridgehead atoms. The van der Waals surface area contributed by atoms with Crippen LogP contribution < -0.4 is 5.32 Å². The van der Waals surface area contributed by atoms with Gasteiger partial charge in [0, 0.05) is 7.05 Å². The summed E-state index contributed by atoms with van der Waals surface area (Å²) in [6.45, 7) is 3.34. The first-order chi connectivity index (χ1) is 8.18. The van der Waals surface area contributed by atoms with E-state index in [9.17, 15) is 0 Å². The Morgan fingerprint density at radius 3 is 2.94 bits per heavy atom. The number of rotatable bonds is 1. The van der Waals surface area contributed by atoms with E-state index in [-0.39, 0.29) is 0 Å². The van der Waals surface area contributed by atoms with Gasteiger partial charge in [-0.3, -0.25) is 0 Å². The van der Waals surface area contributed by atoms with Crippen LogP contribution in [-0.4, -0.2) is 16.1 Å². The highest BCUT2D eigenvalue weighted by Gasteiger charge is 2.28. The summed E-state index contributed by atoms with van der Waals surface area (Å²) in [6.07, 6.45) is 1.21. The minimum atomic E-state index is 0.350. The Morgan fingerprint density at radius 2 is 2.29 bits per heavy atom. The molecule has 3 nitrogen and oxygen atoms in total. The van der Waals surface area contributed by atoms with Gasteiger partial charge in [0.15, 0.2) is 0 Å². The van der Waals surface area contributed by atoms with Gasteiger partial charge in [-0.2, -0.15) is 0 Å². The number of benzene rings is 1. The van der Waals surface area contributed by atoms with Crippen molar-refractivity contribution < 1.29 is 0 Å². The van der Waals surface area contributed by atoms with Gasteiger partial charge < -0.3 is 9.88 Å². The molecule has 0 amide bonds. The maximum atomic E-state index is 6.24. The van der Waals surface area contributed by atoms with Crippen LogP contribution in [0, 0.1) is 5.92 Å². The molecule has 1 N–H and O–H groups in total. The highest BCUT2D eigenvalue weighted by molar-refractivity contribution is 6.35. The standard InChI is InChI=1S/C13H16ClN3/c1-8-6-7-15-11(8)13-16-10-5-3-4-9(14)12(10)17(13)2/h3-5,8,11,15H,6-7H2,1-2H3. The number of fused-ring (bicyclic) bond motifs is 1. The lowest BCUT2D eigenvalue weighted by Crippen LogP contribution is -2.20. The fourth-order valence-corrected chi connectivity index (χ4v) is 2.99. The molecule has 0 radical (unpaired) electrons. The quantitative estimate of drug-likeness (QED) is 0.842. The molecule has 17 heavy (non-hydrogen) atoms. The molecule has 1 aromatic heterocycles. The number of halogens is 1. The molecule has 2 aromatic rings. The summed E-state index contributed by atoms with van der Waals surface area (Å²) < 4.78 is 2.12. The van der Waals surface area contributed by atoms with Crippen LogP contribution in [0.2, 0.25) is 5.02 Å². The number of hydrogen-bond donors (Lipinski definition) is 1. The van der Waals surface area contributed by atoms with Crippen LogP contribution in [0.25, 0.3) is 11.0 Å². The SMILES string of the molecule is CC1CCNC1c1nc2cccc(Cl)c2n1C. The summed E-state index contributed by atoms with van der Waals surface area (Å²) in [7, 11) is 2.04. The van der Waals surface area contributed by atoms with Crippen LogP contribution in [0.1, 0.15) is 25.2 Å². The lowest BCUT2D eigenvalue weighted by atomic mass is 10.0. The maximum Gasteiger partial charge on any atom is 0.127 e. The van der Waals surface area contributed by atoms with Crippen LogP contribution in [-0.2, 0) is 7.05 Å². The number of nitrogens with one attached hydrogen (secondary N) is 1. The largest absolute Gasteiger partial charge is 0.329 e. The molecule has 3 rings (SSSR count). The highest BCUT2D eigenvalue weighted by atomic mass is 35.5. The smallest absolute Gasteiger partial charge is 0.127 e. The predicted molar refractivity (Wildman–Crippen MR) is 70.2 cm³/mol. The zero-order valence-corrected chi connectivity index (χ0v) is 10.8. The number of imidazole rings is 1. The van der Waals surface area contributed by atoms with E-state index in [1.165, 1.54) is 6.42 Å². The van der Waals surface area contributed by atoms with Gasteiger partial charge in [-0.15, -0.1) is 0 Å². The van der Waals surface area contributed by atoms with Gasteiger partial charge in [0.25, 0.3) is 0 Å². The molecular weight excluding hydrogens is 234 g/mol. The third-order valence-corrected chi connectivity index (χ3v) is 4.00. The summed E-state index contributed by atoms with van der Waals surface area (Å²) in [5.41, 5.74) is 2.01. The Hall–Kier alpha value is -1.06. The minimum Gasteiger partial charge on any atom is -0.329 e. The molecule has 1 aromatic carbocycles. The molecule has 0 spiro atoms. The van der Waals surface area contributed by atoms with Crippen molar-refractivity contribution in [3.8, 4) is 0 Å². The Morgan fingerprint density at radius 1 is 1.47 bits per heavy atom. The Bertz CT molecular complexity index is 561. The fraction of sp³-hybridized carbons (Fsp3) is 0.462. The summed E-state index contributed by atoms with van der Waals surface area (Å²) in [6, 6.07) is 6.24. The second kappa shape index (κ2) is 4.00. The molecule has 1 fully saturated rings. The second-order valence-corrected chi connectivity index (χ2v) is 5.24. The maximum absolute atomic E-state index is 6.24. The lowest BCUT2D eigenvalue weighted by molar-refractivity contribution is 0.469. The number of nitrogens with zero attached hydrogens (tertiary/aromatic N) is 2. The van der Waals surface area contributed by atoms with Crippen molar-refractivity contribution in [1.82, 2.24) is 14.9 Å². The Kier molecular flexibility index (Phi) is 2.60. The van der Waals surface area contributed by atoms with Crippen molar-refractivity contribution in [2.24, 2.45) is 13.0 Å². The van der Waals surface area contributed by atoms with Crippen molar-refractivity contribution in [2.45, 2.75) is 19.4 Å². The third-order valence-electron chi connectivity index (χ3n) is 3.69. The average Bonchev–Trinajstić information content (AvgIpc) is 2.84. The van der Waals surface area contributed by atoms with E-state index >= 15 is 0 Å². The first-order valence-corrected chi connectivity index (χ1v) is 6.40.